The Labute approximate surface area is 91.3 Å². The molecule has 1 aromatic rings. The summed E-state index contributed by atoms with van der Waals surface area (Å²) in [4.78, 5) is 2.09. The Morgan fingerprint density at radius 1 is 1.33 bits per heavy atom. The number of ether oxygens (including phenoxy) is 1. The topological polar surface area (TPSA) is 32.7 Å². The molecular weight excluding hydrogens is 190 g/mol. The summed E-state index contributed by atoms with van der Waals surface area (Å²) < 4.78 is 5.31. The second-order valence-corrected chi connectivity index (χ2v) is 3.73. The van der Waals surface area contributed by atoms with Crippen LogP contribution in [-0.4, -0.2) is 37.8 Å². The van der Waals surface area contributed by atoms with Crippen molar-refractivity contribution in [3.63, 3.8) is 0 Å². The molecule has 15 heavy (non-hydrogen) atoms. The van der Waals surface area contributed by atoms with Crippen molar-refractivity contribution in [2.75, 3.05) is 27.8 Å². The Kier molecular flexibility index (Phi) is 4.59. The van der Waals surface area contributed by atoms with Gasteiger partial charge in [0.15, 0.2) is 0 Å². The Bertz CT molecular complexity index is 299. The maximum atomic E-state index is 9.04. The van der Waals surface area contributed by atoms with Crippen molar-refractivity contribution >= 4 is 0 Å². The Morgan fingerprint density at radius 3 is 2.53 bits per heavy atom. The summed E-state index contributed by atoms with van der Waals surface area (Å²) in [5.41, 5.74) is 1.12. The van der Waals surface area contributed by atoms with E-state index in [1.54, 1.807) is 7.11 Å². The predicted octanol–water partition coefficient (Wildman–Crippen LogP) is 1.68. The van der Waals surface area contributed by atoms with E-state index in [2.05, 4.69) is 4.90 Å². The lowest BCUT2D eigenvalue weighted by Gasteiger charge is -2.25. The number of benzene rings is 1. The second kappa shape index (κ2) is 5.73. The smallest absolute Gasteiger partial charge is 0.123 e. The van der Waals surface area contributed by atoms with Crippen LogP contribution in [0.3, 0.4) is 0 Å². The second-order valence-electron chi connectivity index (χ2n) is 3.73. The van der Waals surface area contributed by atoms with E-state index in [1.165, 1.54) is 0 Å². The lowest BCUT2D eigenvalue weighted by atomic mass is 10.0. The van der Waals surface area contributed by atoms with Gasteiger partial charge in [0.25, 0.3) is 0 Å². The van der Waals surface area contributed by atoms with Gasteiger partial charge >= 0.3 is 0 Å². The molecule has 0 aliphatic heterocycles. The lowest BCUT2D eigenvalue weighted by molar-refractivity contribution is 0.207. The highest BCUT2D eigenvalue weighted by atomic mass is 16.5. The van der Waals surface area contributed by atoms with Gasteiger partial charge in [-0.2, -0.15) is 0 Å². The molecule has 3 nitrogen and oxygen atoms in total. The van der Waals surface area contributed by atoms with Gasteiger partial charge in [-0.05, 0) is 26.6 Å². The zero-order valence-corrected chi connectivity index (χ0v) is 9.60. The fraction of sp³-hybridized carbons (Fsp3) is 0.500. The number of para-hydroxylation sites is 1. The molecule has 1 aromatic carbocycles. The van der Waals surface area contributed by atoms with Crippen LogP contribution in [0.15, 0.2) is 24.3 Å². The highest BCUT2D eigenvalue weighted by Gasteiger charge is 2.16. The van der Waals surface area contributed by atoms with E-state index in [0.29, 0.717) is 6.42 Å². The van der Waals surface area contributed by atoms with Gasteiger partial charge in [-0.3, -0.25) is 0 Å². The van der Waals surface area contributed by atoms with Crippen LogP contribution >= 0.6 is 0 Å². The third kappa shape index (κ3) is 2.94. The summed E-state index contributed by atoms with van der Waals surface area (Å²) in [6.07, 6.45) is 0.716. The molecule has 0 saturated heterocycles. The van der Waals surface area contributed by atoms with Crippen LogP contribution in [0.5, 0.6) is 5.75 Å². The van der Waals surface area contributed by atoms with Crippen LogP contribution in [0.2, 0.25) is 0 Å². The van der Waals surface area contributed by atoms with E-state index in [9.17, 15) is 0 Å². The van der Waals surface area contributed by atoms with Crippen molar-refractivity contribution < 1.29 is 9.84 Å². The molecule has 0 spiro atoms. The highest BCUT2D eigenvalue weighted by molar-refractivity contribution is 5.35. The summed E-state index contributed by atoms with van der Waals surface area (Å²) in [6.45, 7) is 0.181. The van der Waals surface area contributed by atoms with Gasteiger partial charge in [0, 0.05) is 18.2 Å². The van der Waals surface area contributed by atoms with E-state index in [-0.39, 0.29) is 12.6 Å². The minimum Gasteiger partial charge on any atom is -0.496 e. The highest BCUT2D eigenvalue weighted by Crippen LogP contribution is 2.29. The number of aliphatic hydroxyl groups is 1. The van der Waals surface area contributed by atoms with Crippen molar-refractivity contribution in [3.8, 4) is 5.75 Å². The van der Waals surface area contributed by atoms with Gasteiger partial charge in [-0.15, -0.1) is 0 Å². The molecule has 0 aliphatic rings. The molecule has 1 rings (SSSR count). The molecular formula is C12H19NO2. The first-order valence-corrected chi connectivity index (χ1v) is 5.11. The zero-order valence-electron chi connectivity index (χ0n) is 9.60. The molecule has 0 bridgehead atoms. The maximum absolute atomic E-state index is 9.04. The van der Waals surface area contributed by atoms with Crippen LogP contribution in [0, 0.1) is 0 Å². The average Bonchev–Trinajstić information content (AvgIpc) is 2.25. The number of methoxy groups -OCH3 is 1. The van der Waals surface area contributed by atoms with E-state index in [1.807, 2.05) is 38.4 Å². The van der Waals surface area contributed by atoms with Crippen molar-refractivity contribution in [1.29, 1.82) is 0 Å². The number of aliphatic hydroxyl groups excluding tert-OH is 1. The SMILES string of the molecule is COc1ccccc1C(CCO)N(C)C. The summed E-state index contributed by atoms with van der Waals surface area (Å²) in [6, 6.07) is 8.13. The van der Waals surface area contributed by atoms with Crippen LogP contribution < -0.4 is 4.74 Å². The summed E-state index contributed by atoms with van der Waals surface area (Å²) in [7, 11) is 5.68. The molecule has 84 valence electrons. The zero-order chi connectivity index (χ0) is 11.3. The van der Waals surface area contributed by atoms with Crippen molar-refractivity contribution in [3.05, 3.63) is 29.8 Å². The predicted molar refractivity (Wildman–Crippen MR) is 61.1 cm³/mol. The molecule has 0 saturated carbocycles. The minimum atomic E-state index is 0.181. The molecule has 1 N–H and O–H groups in total. The van der Waals surface area contributed by atoms with Gasteiger partial charge in [0.05, 0.1) is 7.11 Å². The summed E-state index contributed by atoms with van der Waals surface area (Å²) >= 11 is 0. The van der Waals surface area contributed by atoms with Crippen molar-refractivity contribution in [1.82, 2.24) is 4.90 Å². The van der Waals surface area contributed by atoms with Gasteiger partial charge in [0.2, 0.25) is 0 Å². The first kappa shape index (κ1) is 12.0. The molecule has 0 fully saturated rings. The van der Waals surface area contributed by atoms with Crippen molar-refractivity contribution in [2.45, 2.75) is 12.5 Å². The quantitative estimate of drug-likeness (QED) is 0.801. The van der Waals surface area contributed by atoms with Crippen molar-refractivity contribution in [2.24, 2.45) is 0 Å². The lowest BCUT2D eigenvalue weighted by Crippen LogP contribution is -2.21. The van der Waals surface area contributed by atoms with Crippen LogP contribution in [0.1, 0.15) is 18.0 Å². The summed E-state index contributed by atoms with van der Waals surface area (Å²) in [5.74, 6) is 0.879. The fourth-order valence-electron chi connectivity index (χ4n) is 1.76. The first-order chi connectivity index (χ1) is 7.20. The van der Waals surface area contributed by atoms with E-state index < -0.39 is 0 Å². The molecule has 0 radical (unpaired) electrons. The van der Waals surface area contributed by atoms with Gasteiger partial charge in [0.1, 0.15) is 5.75 Å². The Balaban J connectivity index is 2.98. The summed E-state index contributed by atoms with van der Waals surface area (Å²) in [5, 5.41) is 9.04. The molecule has 1 unspecified atom stereocenters. The van der Waals surface area contributed by atoms with Gasteiger partial charge in [-0.25, -0.2) is 0 Å². The number of rotatable bonds is 5. The number of nitrogens with zero attached hydrogens (tertiary/aromatic N) is 1. The molecule has 0 aromatic heterocycles. The Hall–Kier alpha value is -1.06. The van der Waals surface area contributed by atoms with E-state index in [4.69, 9.17) is 9.84 Å². The van der Waals surface area contributed by atoms with E-state index in [0.717, 1.165) is 11.3 Å². The molecule has 1 atom stereocenters. The Morgan fingerprint density at radius 2 is 2.00 bits per heavy atom. The maximum Gasteiger partial charge on any atom is 0.123 e. The molecule has 0 aliphatic carbocycles. The normalized spacial score (nSPS) is 12.9. The largest absolute Gasteiger partial charge is 0.496 e. The third-order valence-electron chi connectivity index (χ3n) is 2.52. The fourth-order valence-corrected chi connectivity index (χ4v) is 1.76. The first-order valence-electron chi connectivity index (χ1n) is 5.11. The minimum absolute atomic E-state index is 0.181. The number of hydrogen-bond donors (Lipinski definition) is 1. The third-order valence-corrected chi connectivity index (χ3v) is 2.52. The van der Waals surface area contributed by atoms with Gasteiger partial charge in [-0.1, -0.05) is 18.2 Å². The number of hydrogen-bond acceptors (Lipinski definition) is 3. The van der Waals surface area contributed by atoms with Crippen LogP contribution in [0.25, 0.3) is 0 Å². The molecule has 3 heteroatoms. The molecule has 0 amide bonds. The monoisotopic (exact) mass is 209 g/mol. The average molecular weight is 209 g/mol. The van der Waals surface area contributed by atoms with Gasteiger partial charge < -0.3 is 14.7 Å². The standard InChI is InChI=1S/C12H19NO2/c1-13(2)11(8-9-14)10-6-4-5-7-12(10)15-3/h4-7,11,14H,8-9H2,1-3H3. The van der Waals surface area contributed by atoms with Crippen LogP contribution in [0.4, 0.5) is 0 Å². The molecule has 0 heterocycles. The van der Waals surface area contributed by atoms with Crippen LogP contribution in [-0.2, 0) is 0 Å². The van der Waals surface area contributed by atoms with E-state index >= 15 is 0 Å².